The Hall–Kier alpha value is -3.06. The largest absolute Gasteiger partial charge is 0.399 e. The smallest absolute Gasteiger partial charge is 0.233 e. The van der Waals surface area contributed by atoms with E-state index in [9.17, 15) is 0 Å². The number of nitrogens with one attached hydrogen (secondary N) is 2. The normalized spacial score (nSPS) is 10.3. The van der Waals surface area contributed by atoms with Crippen LogP contribution in [0.25, 0.3) is 0 Å². The summed E-state index contributed by atoms with van der Waals surface area (Å²) in [5.41, 5.74) is 14.2. The van der Waals surface area contributed by atoms with Gasteiger partial charge in [-0.2, -0.15) is 15.0 Å². The number of hydrogen-bond acceptors (Lipinski definition) is 7. The van der Waals surface area contributed by atoms with E-state index in [1.165, 1.54) is 0 Å². The lowest BCUT2D eigenvalue weighted by Crippen LogP contribution is -2.04. The van der Waals surface area contributed by atoms with Crippen LogP contribution >= 0.6 is 11.6 Å². The highest BCUT2D eigenvalue weighted by Gasteiger charge is 2.06. The maximum atomic E-state index is 5.95. The molecule has 23 heavy (non-hydrogen) atoms. The topological polar surface area (TPSA) is 115 Å². The molecule has 0 atom stereocenters. The second-order valence-corrected chi connectivity index (χ2v) is 5.08. The van der Waals surface area contributed by atoms with Gasteiger partial charge in [0.2, 0.25) is 17.2 Å². The average Bonchev–Trinajstić information content (AvgIpc) is 2.51. The summed E-state index contributed by atoms with van der Waals surface area (Å²) >= 11 is 5.95. The fraction of sp³-hybridized carbons (Fsp3) is 0. The van der Waals surface area contributed by atoms with Crippen molar-refractivity contribution in [2.45, 2.75) is 0 Å². The van der Waals surface area contributed by atoms with Crippen LogP contribution in [0.3, 0.4) is 0 Å². The molecule has 2 aromatic carbocycles. The van der Waals surface area contributed by atoms with Crippen LogP contribution in [0.2, 0.25) is 5.28 Å². The fourth-order valence-corrected chi connectivity index (χ4v) is 2.01. The number of hydrogen-bond donors (Lipinski definition) is 4. The third kappa shape index (κ3) is 3.98. The van der Waals surface area contributed by atoms with Crippen LogP contribution in [0.1, 0.15) is 0 Å². The minimum atomic E-state index is 0.0795. The van der Waals surface area contributed by atoms with Crippen molar-refractivity contribution in [1.29, 1.82) is 0 Å². The van der Waals surface area contributed by atoms with E-state index >= 15 is 0 Å². The summed E-state index contributed by atoms with van der Waals surface area (Å²) in [6, 6.07) is 14.4. The van der Waals surface area contributed by atoms with E-state index in [-0.39, 0.29) is 5.28 Å². The first kappa shape index (κ1) is 14.9. The van der Waals surface area contributed by atoms with E-state index in [4.69, 9.17) is 23.1 Å². The molecule has 0 amide bonds. The molecule has 0 saturated carbocycles. The number of anilines is 6. The molecule has 0 unspecified atom stereocenters. The van der Waals surface area contributed by atoms with E-state index in [0.717, 1.165) is 11.4 Å². The predicted octanol–water partition coefficient (Wildman–Crippen LogP) is 3.18. The highest BCUT2D eigenvalue weighted by molar-refractivity contribution is 6.28. The number of benzene rings is 2. The molecular formula is C15H14ClN7. The number of nitrogens with zero attached hydrogens (tertiary/aromatic N) is 3. The summed E-state index contributed by atoms with van der Waals surface area (Å²) in [7, 11) is 0. The van der Waals surface area contributed by atoms with Gasteiger partial charge in [-0.05, 0) is 60.1 Å². The van der Waals surface area contributed by atoms with Crippen LogP contribution in [0.4, 0.5) is 34.6 Å². The molecule has 3 aromatic rings. The standard InChI is InChI=1S/C15H14ClN7/c16-13-21-14(19-11-5-1-9(17)2-6-11)23-15(22-13)20-12-7-3-10(18)4-8-12/h1-8H,17-18H2,(H2,19,20,21,22,23). The molecule has 0 saturated heterocycles. The molecule has 1 aromatic heterocycles. The molecule has 8 heteroatoms. The Balaban J connectivity index is 1.81. The first-order chi connectivity index (χ1) is 11.1. The number of nitrogens with two attached hydrogens (primary N) is 2. The van der Waals surface area contributed by atoms with Gasteiger partial charge in [0.1, 0.15) is 0 Å². The van der Waals surface area contributed by atoms with E-state index in [0.29, 0.717) is 23.3 Å². The summed E-state index contributed by atoms with van der Waals surface area (Å²) in [6.07, 6.45) is 0. The zero-order chi connectivity index (χ0) is 16.2. The Bertz CT molecular complexity index is 737. The van der Waals surface area contributed by atoms with Crippen molar-refractivity contribution in [3.05, 3.63) is 53.8 Å². The molecular weight excluding hydrogens is 314 g/mol. The molecule has 0 aliphatic rings. The van der Waals surface area contributed by atoms with Crippen molar-refractivity contribution in [3.63, 3.8) is 0 Å². The van der Waals surface area contributed by atoms with E-state index < -0.39 is 0 Å². The molecule has 6 N–H and O–H groups in total. The molecule has 7 nitrogen and oxygen atoms in total. The van der Waals surface area contributed by atoms with Crippen LogP contribution < -0.4 is 22.1 Å². The Kier molecular flexibility index (Phi) is 4.11. The van der Waals surface area contributed by atoms with Crippen LogP contribution in [-0.2, 0) is 0 Å². The van der Waals surface area contributed by atoms with Crippen molar-refractivity contribution >= 4 is 46.2 Å². The molecule has 0 aliphatic heterocycles. The first-order valence-corrected chi connectivity index (χ1v) is 7.13. The van der Waals surface area contributed by atoms with Gasteiger partial charge in [0.15, 0.2) is 0 Å². The second-order valence-electron chi connectivity index (χ2n) is 4.75. The molecule has 0 aliphatic carbocycles. The van der Waals surface area contributed by atoms with Crippen molar-refractivity contribution in [2.24, 2.45) is 0 Å². The van der Waals surface area contributed by atoms with Crippen molar-refractivity contribution in [2.75, 3.05) is 22.1 Å². The lowest BCUT2D eigenvalue weighted by Gasteiger charge is -2.09. The average molecular weight is 328 g/mol. The molecule has 116 valence electrons. The zero-order valence-corrected chi connectivity index (χ0v) is 12.7. The quantitative estimate of drug-likeness (QED) is 0.544. The second kappa shape index (κ2) is 6.37. The van der Waals surface area contributed by atoms with E-state index in [1.54, 1.807) is 24.3 Å². The zero-order valence-electron chi connectivity index (χ0n) is 12.0. The van der Waals surface area contributed by atoms with Gasteiger partial charge in [0.05, 0.1) is 0 Å². The van der Waals surface area contributed by atoms with Gasteiger partial charge in [-0.1, -0.05) is 0 Å². The Labute approximate surface area is 137 Å². The summed E-state index contributed by atoms with van der Waals surface area (Å²) < 4.78 is 0. The summed E-state index contributed by atoms with van der Waals surface area (Å²) in [4.78, 5) is 12.4. The van der Waals surface area contributed by atoms with Gasteiger partial charge in [-0.3, -0.25) is 0 Å². The van der Waals surface area contributed by atoms with E-state index in [2.05, 4.69) is 25.6 Å². The maximum Gasteiger partial charge on any atom is 0.233 e. The number of nitrogen functional groups attached to an aromatic ring is 2. The molecule has 0 spiro atoms. The number of aromatic nitrogens is 3. The van der Waals surface area contributed by atoms with Gasteiger partial charge in [0.25, 0.3) is 0 Å². The summed E-state index contributed by atoms with van der Waals surface area (Å²) in [5, 5.41) is 6.17. The van der Waals surface area contributed by atoms with Gasteiger partial charge in [0, 0.05) is 22.7 Å². The van der Waals surface area contributed by atoms with Gasteiger partial charge < -0.3 is 22.1 Å². The minimum Gasteiger partial charge on any atom is -0.399 e. The minimum absolute atomic E-state index is 0.0795. The van der Waals surface area contributed by atoms with Crippen molar-refractivity contribution in [3.8, 4) is 0 Å². The third-order valence-electron chi connectivity index (χ3n) is 2.94. The highest BCUT2D eigenvalue weighted by Crippen LogP contribution is 2.20. The molecule has 0 radical (unpaired) electrons. The molecule has 0 bridgehead atoms. The van der Waals surface area contributed by atoms with Crippen LogP contribution in [0, 0.1) is 0 Å². The monoisotopic (exact) mass is 327 g/mol. The van der Waals surface area contributed by atoms with Crippen molar-refractivity contribution in [1.82, 2.24) is 15.0 Å². The Morgan fingerprint density at radius 2 is 1.04 bits per heavy atom. The molecule has 1 heterocycles. The maximum absolute atomic E-state index is 5.95. The van der Waals surface area contributed by atoms with E-state index in [1.807, 2.05) is 24.3 Å². The third-order valence-corrected chi connectivity index (χ3v) is 3.11. The number of rotatable bonds is 4. The number of halogens is 1. The molecule has 3 rings (SSSR count). The first-order valence-electron chi connectivity index (χ1n) is 6.75. The Morgan fingerprint density at radius 3 is 1.43 bits per heavy atom. The van der Waals surface area contributed by atoms with Gasteiger partial charge in [-0.15, -0.1) is 0 Å². The fourth-order valence-electron chi connectivity index (χ4n) is 1.85. The van der Waals surface area contributed by atoms with Gasteiger partial charge in [-0.25, -0.2) is 0 Å². The summed E-state index contributed by atoms with van der Waals surface area (Å²) in [6.45, 7) is 0. The van der Waals surface area contributed by atoms with Crippen LogP contribution in [-0.4, -0.2) is 15.0 Å². The highest BCUT2D eigenvalue weighted by atomic mass is 35.5. The van der Waals surface area contributed by atoms with Gasteiger partial charge >= 0.3 is 0 Å². The lowest BCUT2D eigenvalue weighted by atomic mass is 10.3. The van der Waals surface area contributed by atoms with Crippen molar-refractivity contribution < 1.29 is 0 Å². The summed E-state index contributed by atoms with van der Waals surface area (Å²) in [5.74, 6) is 0.653. The van der Waals surface area contributed by atoms with Crippen LogP contribution in [0.15, 0.2) is 48.5 Å². The Morgan fingerprint density at radius 1 is 0.652 bits per heavy atom. The molecule has 0 fully saturated rings. The predicted molar refractivity (Wildman–Crippen MR) is 93.1 cm³/mol. The lowest BCUT2D eigenvalue weighted by molar-refractivity contribution is 1.06. The SMILES string of the molecule is Nc1ccc(Nc2nc(Cl)nc(Nc3ccc(N)cc3)n2)cc1. The van der Waals surface area contributed by atoms with Crippen LogP contribution in [0.5, 0.6) is 0 Å².